The van der Waals surface area contributed by atoms with Gasteiger partial charge in [0.2, 0.25) is 11.8 Å². The first-order valence-corrected chi connectivity index (χ1v) is 8.08. The van der Waals surface area contributed by atoms with Crippen molar-refractivity contribution in [2.45, 2.75) is 51.9 Å². The van der Waals surface area contributed by atoms with Crippen molar-refractivity contribution >= 4 is 23.2 Å². The molecule has 110 valence electrons. The largest absolute Gasteiger partial charge is 0.273 e. The SMILES string of the molecule is CCCC(=O)NN1CCCC(c2ccc(C)s2)CC1=O. The quantitative estimate of drug-likeness (QED) is 0.928. The van der Waals surface area contributed by atoms with Crippen LogP contribution in [0.1, 0.15) is 54.7 Å². The third-order valence-electron chi connectivity index (χ3n) is 3.56. The molecule has 1 aromatic rings. The maximum absolute atomic E-state index is 12.3. The number of nitrogens with zero attached hydrogens (tertiary/aromatic N) is 1. The van der Waals surface area contributed by atoms with Crippen LogP contribution in [0.5, 0.6) is 0 Å². The van der Waals surface area contributed by atoms with Crippen molar-refractivity contribution in [3.63, 3.8) is 0 Å². The van der Waals surface area contributed by atoms with E-state index in [4.69, 9.17) is 0 Å². The van der Waals surface area contributed by atoms with E-state index in [-0.39, 0.29) is 11.8 Å². The van der Waals surface area contributed by atoms with Crippen LogP contribution in [0.4, 0.5) is 0 Å². The number of rotatable bonds is 4. The molecule has 0 spiro atoms. The van der Waals surface area contributed by atoms with Crippen LogP contribution in [0.3, 0.4) is 0 Å². The Hall–Kier alpha value is -1.36. The minimum Gasteiger partial charge on any atom is -0.273 e. The summed E-state index contributed by atoms with van der Waals surface area (Å²) in [5.74, 6) is 0.267. The summed E-state index contributed by atoms with van der Waals surface area (Å²) in [5.41, 5.74) is 2.74. The molecule has 0 aromatic carbocycles. The molecule has 1 aromatic heterocycles. The third-order valence-corrected chi connectivity index (χ3v) is 4.72. The van der Waals surface area contributed by atoms with E-state index in [1.165, 1.54) is 14.8 Å². The first kappa shape index (κ1) is 15.0. The molecule has 1 atom stereocenters. The second-order valence-corrected chi connectivity index (χ2v) is 6.64. The molecule has 1 aliphatic heterocycles. The first-order chi connectivity index (χ1) is 9.60. The van der Waals surface area contributed by atoms with E-state index in [9.17, 15) is 9.59 Å². The summed E-state index contributed by atoms with van der Waals surface area (Å²) < 4.78 is 0. The normalized spacial score (nSPS) is 19.8. The van der Waals surface area contributed by atoms with E-state index in [0.717, 1.165) is 19.3 Å². The van der Waals surface area contributed by atoms with Crippen LogP contribution in [0.15, 0.2) is 12.1 Å². The van der Waals surface area contributed by atoms with E-state index in [0.29, 0.717) is 25.3 Å². The Morgan fingerprint density at radius 2 is 2.30 bits per heavy atom. The molecule has 2 rings (SSSR count). The van der Waals surface area contributed by atoms with E-state index in [1.54, 1.807) is 11.3 Å². The standard InChI is InChI=1S/C15H22N2O2S/c1-3-5-14(18)16-17-9-4-6-12(10-15(17)19)13-8-7-11(2)20-13/h7-8,12H,3-6,9-10H2,1-2H3,(H,16,18). The Kier molecular flexibility index (Phi) is 5.17. The van der Waals surface area contributed by atoms with Crippen LogP contribution in [-0.2, 0) is 9.59 Å². The highest BCUT2D eigenvalue weighted by Gasteiger charge is 2.26. The Bertz CT molecular complexity index is 484. The minimum absolute atomic E-state index is 0.0306. The van der Waals surface area contributed by atoms with Crippen molar-refractivity contribution in [3.8, 4) is 0 Å². The molecule has 1 fully saturated rings. The van der Waals surface area contributed by atoms with Crippen molar-refractivity contribution in [1.29, 1.82) is 0 Å². The number of hydrogen-bond donors (Lipinski definition) is 1. The summed E-state index contributed by atoms with van der Waals surface area (Å²) in [6.07, 6.45) is 3.69. The zero-order chi connectivity index (χ0) is 14.5. The van der Waals surface area contributed by atoms with Crippen molar-refractivity contribution in [1.82, 2.24) is 10.4 Å². The fraction of sp³-hybridized carbons (Fsp3) is 0.600. The predicted octanol–water partition coefficient (Wildman–Crippen LogP) is 2.98. The summed E-state index contributed by atoms with van der Waals surface area (Å²) in [7, 11) is 0. The van der Waals surface area contributed by atoms with Gasteiger partial charge >= 0.3 is 0 Å². The predicted molar refractivity (Wildman–Crippen MR) is 80.4 cm³/mol. The molecule has 0 saturated carbocycles. The summed E-state index contributed by atoms with van der Waals surface area (Å²) in [4.78, 5) is 26.5. The molecule has 2 amide bonds. The van der Waals surface area contributed by atoms with Crippen molar-refractivity contribution in [2.75, 3.05) is 6.54 Å². The van der Waals surface area contributed by atoms with Crippen LogP contribution >= 0.6 is 11.3 Å². The number of nitrogens with one attached hydrogen (secondary N) is 1. The van der Waals surface area contributed by atoms with Gasteiger partial charge in [-0.1, -0.05) is 6.92 Å². The Balaban J connectivity index is 1.98. The highest BCUT2D eigenvalue weighted by atomic mass is 32.1. The molecule has 5 heteroatoms. The van der Waals surface area contributed by atoms with Gasteiger partial charge in [-0.15, -0.1) is 11.3 Å². The zero-order valence-electron chi connectivity index (χ0n) is 12.1. The molecule has 0 radical (unpaired) electrons. The average Bonchev–Trinajstić information content (AvgIpc) is 2.74. The van der Waals surface area contributed by atoms with Crippen molar-refractivity contribution in [2.24, 2.45) is 0 Å². The maximum Gasteiger partial charge on any atom is 0.241 e. The van der Waals surface area contributed by atoms with Gasteiger partial charge < -0.3 is 0 Å². The molecular weight excluding hydrogens is 272 g/mol. The highest BCUT2D eigenvalue weighted by molar-refractivity contribution is 7.12. The molecule has 1 saturated heterocycles. The van der Waals surface area contributed by atoms with E-state index in [2.05, 4.69) is 24.5 Å². The number of hydrogen-bond acceptors (Lipinski definition) is 3. The first-order valence-electron chi connectivity index (χ1n) is 7.26. The molecule has 0 aliphatic carbocycles. The molecule has 0 bridgehead atoms. The van der Waals surface area contributed by atoms with Gasteiger partial charge in [0.25, 0.3) is 0 Å². The lowest BCUT2D eigenvalue weighted by molar-refractivity contribution is -0.141. The van der Waals surface area contributed by atoms with Crippen molar-refractivity contribution < 1.29 is 9.59 Å². The minimum atomic E-state index is -0.0636. The number of hydrazine groups is 1. The van der Waals surface area contributed by atoms with Crippen LogP contribution in [0, 0.1) is 6.92 Å². The van der Waals surface area contributed by atoms with Gasteiger partial charge in [-0.25, -0.2) is 0 Å². The molecular formula is C15H22N2O2S. The molecule has 1 N–H and O–H groups in total. The van der Waals surface area contributed by atoms with Crippen LogP contribution in [-0.4, -0.2) is 23.4 Å². The van der Waals surface area contributed by atoms with Gasteiger partial charge in [0.15, 0.2) is 0 Å². The number of aryl methyl sites for hydroxylation is 1. The molecule has 1 unspecified atom stereocenters. The lowest BCUT2D eigenvalue weighted by Gasteiger charge is -2.21. The summed E-state index contributed by atoms with van der Waals surface area (Å²) in [6.45, 7) is 4.66. The van der Waals surface area contributed by atoms with E-state index < -0.39 is 0 Å². The Morgan fingerprint density at radius 1 is 1.50 bits per heavy atom. The molecule has 2 heterocycles. The number of thiophene rings is 1. The second-order valence-electron chi connectivity index (χ2n) is 5.32. The van der Waals surface area contributed by atoms with E-state index >= 15 is 0 Å². The second kappa shape index (κ2) is 6.88. The van der Waals surface area contributed by atoms with Gasteiger partial charge in [0.1, 0.15) is 0 Å². The number of amides is 2. The fourth-order valence-corrected chi connectivity index (χ4v) is 3.52. The summed E-state index contributed by atoms with van der Waals surface area (Å²) >= 11 is 1.77. The molecule has 1 aliphatic rings. The van der Waals surface area contributed by atoms with Gasteiger partial charge in [0.05, 0.1) is 0 Å². The van der Waals surface area contributed by atoms with Gasteiger partial charge in [0, 0.05) is 35.1 Å². The lowest BCUT2D eigenvalue weighted by atomic mass is 9.99. The number of carbonyl (C=O) groups is 2. The topological polar surface area (TPSA) is 49.4 Å². The molecule has 20 heavy (non-hydrogen) atoms. The fourth-order valence-electron chi connectivity index (χ4n) is 2.51. The Labute approximate surface area is 124 Å². The van der Waals surface area contributed by atoms with Gasteiger partial charge in [-0.05, 0) is 38.3 Å². The van der Waals surface area contributed by atoms with Crippen LogP contribution in [0.25, 0.3) is 0 Å². The summed E-state index contributed by atoms with van der Waals surface area (Å²) in [5, 5.41) is 1.51. The Morgan fingerprint density at radius 3 is 2.95 bits per heavy atom. The maximum atomic E-state index is 12.3. The van der Waals surface area contributed by atoms with Gasteiger partial charge in [-0.3, -0.25) is 20.0 Å². The third kappa shape index (κ3) is 3.82. The van der Waals surface area contributed by atoms with Crippen LogP contribution in [0.2, 0.25) is 0 Å². The van der Waals surface area contributed by atoms with Crippen LogP contribution < -0.4 is 5.43 Å². The van der Waals surface area contributed by atoms with E-state index in [1.807, 2.05) is 6.92 Å². The van der Waals surface area contributed by atoms with Gasteiger partial charge in [-0.2, -0.15) is 0 Å². The lowest BCUT2D eigenvalue weighted by Crippen LogP contribution is -2.45. The zero-order valence-corrected chi connectivity index (χ0v) is 13.0. The monoisotopic (exact) mass is 294 g/mol. The number of carbonyl (C=O) groups excluding carboxylic acids is 2. The average molecular weight is 294 g/mol. The smallest absolute Gasteiger partial charge is 0.241 e. The summed E-state index contributed by atoms with van der Waals surface area (Å²) in [6, 6.07) is 4.24. The van der Waals surface area contributed by atoms with Crippen molar-refractivity contribution in [3.05, 3.63) is 21.9 Å². The molecule has 4 nitrogen and oxygen atoms in total. The highest BCUT2D eigenvalue weighted by Crippen LogP contribution is 2.32.